The molecule has 0 saturated heterocycles. The third kappa shape index (κ3) is 3.74. The second-order valence-electron chi connectivity index (χ2n) is 6.29. The van der Waals surface area contributed by atoms with Gasteiger partial charge in [-0.05, 0) is 32.0 Å². The van der Waals surface area contributed by atoms with E-state index in [-0.39, 0.29) is 18.2 Å². The molecule has 0 aliphatic heterocycles. The molecule has 4 aromatic rings. The highest BCUT2D eigenvalue weighted by molar-refractivity contribution is 7.14. The van der Waals surface area contributed by atoms with Gasteiger partial charge in [0.05, 0.1) is 23.6 Å². The number of hydrogen-bond acceptors (Lipinski definition) is 6. The Bertz CT molecular complexity index is 1210. The molecule has 2 N–H and O–H groups in total. The molecule has 0 spiro atoms. The molecule has 0 aliphatic carbocycles. The Morgan fingerprint density at radius 3 is 2.79 bits per heavy atom. The van der Waals surface area contributed by atoms with Gasteiger partial charge in [-0.2, -0.15) is 0 Å². The van der Waals surface area contributed by atoms with E-state index in [4.69, 9.17) is 4.74 Å². The Labute approximate surface area is 170 Å². The smallest absolute Gasteiger partial charge is 0.339 e. The number of aromatic nitrogens is 3. The van der Waals surface area contributed by atoms with Crippen LogP contribution < -0.4 is 5.32 Å². The molecule has 4 rings (SSSR count). The van der Waals surface area contributed by atoms with Crippen LogP contribution in [0, 0.1) is 6.92 Å². The number of hydrogen-bond donors (Lipinski definition) is 2. The normalized spacial score (nSPS) is 10.8. The van der Waals surface area contributed by atoms with Gasteiger partial charge in [-0.1, -0.05) is 18.2 Å². The largest absolute Gasteiger partial charge is 0.462 e. The summed E-state index contributed by atoms with van der Waals surface area (Å²) in [4.78, 5) is 36.4. The number of carbonyl (C=O) groups is 2. The molecule has 0 saturated carbocycles. The lowest BCUT2D eigenvalue weighted by atomic mass is 10.1. The maximum atomic E-state index is 12.6. The average molecular weight is 406 g/mol. The van der Waals surface area contributed by atoms with Crippen LogP contribution >= 0.6 is 11.3 Å². The third-order valence-corrected chi connectivity index (χ3v) is 5.16. The Kier molecular flexibility index (Phi) is 5.09. The fourth-order valence-corrected chi connectivity index (χ4v) is 3.72. The number of aromatic amines is 1. The fourth-order valence-electron chi connectivity index (χ4n) is 3.01. The van der Waals surface area contributed by atoms with Crippen LogP contribution in [0.15, 0.2) is 48.0 Å². The lowest BCUT2D eigenvalue weighted by Gasteiger charge is -2.07. The predicted molar refractivity (Wildman–Crippen MR) is 112 cm³/mol. The summed E-state index contributed by atoms with van der Waals surface area (Å²) in [5, 5.41) is 6.21. The summed E-state index contributed by atoms with van der Waals surface area (Å²) >= 11 is 1.34. The minimum atomic E-state index is -0.451. The van der Waals surface area contributed by atoms with Gasteiger partial charge in [-0.15, -0.1) is 11.3 Å². The molecule has 1 amide bonds. The van der Waals surface area contributed by atoms with Gasteiger partial charge in [0.1, 0.15) is 5.69 Å². The number of nitrogens with zero attached hydrogens (tertiary/aromatic N) is 2. The Balaban J connectivity index is 1.52. The number of amides is 1. The van der Waals surface area contributed by atoms with E-state index in [1.165, 1.54) is 17.4 Å². The number of H-pyrrole nitrogens is 1. The van der Waals surface area contributed by atoms with Crippen LogP contribution in [0.1, 0.15) is 33.5 Å². The molecule has 8 heteroatoms. The van der Waals surface area contributed by atoms with Gasteiger partial charge in [0, 0.05) is 28.0 Å². The van der Waals surface area contributed by atoms with Crippen LogP contribution in [-0.2, 0) is 4.74 Å². The molecule has 29 heavy (non-hydrogen) atoms. The molecule has 0 fully saturated rings. The third-order valence-electron chi connectivity index (χ3n) is 4.40. The SMILES string of the molecule is CCOC(=O)c1ccc(C(=O)Nc2nc(-c3c[nH]c4ccccc34)cs2)nc1C. The van der Waals surface area contributed by atoms with E-state index >= 15 is 0 Å². The molecular weight excluding hydrogens is 388 g/mol. The highest BCUT2D eigenvalue weighted by Crippen LogP contribution is 2.31. The van der Waals surface area contributed by atoms with Crippen LogP contribution in [0.3, 0.4) is 0 Å². The van der Waals surface area contributed by atoms with Crippen LogP contribution in [-0.4, -0.2) is 33.4 Å². The summed E-state index contributed by atoms with van der Waals surface area (Å²) in [5.41, 5.74) is 3.78. The maximum absolute atomic E-state index is 12.6. The van der Waals surface area contributed by atoms with Gasteiger partial charge in [0.15, 0.2) is 5.13 Å². The number of nitrogens with one attached hydrogen (secondary N) is 2. The highest BCUT2D eigenvalue weighted by Gasteiger charge is 2.16. The van der Waals surface area contributed by atoms with Gasteiger partial charge in [0.25, 0.3) is 5.91 Å². The Morgan fingerprint density at radius 2 is 2.00 bits per heavy atom. The fraction of sp³-hybridized carbons (Fsp3) is 0.143. The summed E-state index contributed by atoms with van der Waals surface area (Å²) in [6.07, 6.45) is 1.91. The molecule has 0 aliphatic rings. The molecule has 0 unspecified atom stereocenters. The first-order valence-corrected chi connectivity index (χ1v) is 9.93. The van der Waals surface area contributed by atoms with Crippen molar-refractivity contribution in [2.24, 2.45) is 0 Å². The standard InChI is InChI=1S/C21H18N4O3S/c1-3-28-20(27)13-8-9-17(23-12(13)2)19(26)25-21-24-18(11-29-21)15-10-22-16-7-5-4-6-14(15)16/h4-11,22H,3H2,1-2H3,(H,24,25,26). The molecule has 0 radical (unpaired) electrons. The van der Waals surface area contributed by atoms with E-state index in [0.29, 0.717) is 16.4 Å². The zero-order chi connectivity index (χ0) is 20.4. The van der Waals surface area contributed by atoms with Crippen molar-refractivity contribution in [2.45, 2.75) is 13.8 Å². The van der Waals surface area contributed by atoms with Crippen LogP contribution in [0.2, 0.25) is 0 Å². The number of benzene rings is 1. The van der Waals surface area contributed by atoms with E-state index in [0.717, 1.165) is 22.2 Å². The lowest BCUT2D eigenvalue weighted by molar-refractivity contribution is 0.0524. The first-order chi connectivity index (χ1) is 14.1. The van der Waals surface area contributed by atoms with Crippen molar-refractivity contribution in [3.8, 4) is 11.3 Å². The van der Waals surface area contributed by atoms with E-state index < -0.39 is 5.97 Å². The van der Waals surface area contributed by atoms with Crippen molar-refractivity contribution in [1.29, 1.82) is 0 Å². The number of aryl methyl sites for hydroxylation is 1. The van der Waals surface area contributed by atoms with Gasteiger partial charge >= 0.3 is 5.97 Å². The number of carbonyl (C=O) groups excluding carboxylic acids is 2. The monoisotopic (exact) mass is 406 g/mol. The van der Waals surface area contributed by atoms with Crippen LogP contribution in [0.4, 0.5) is 5.13 Å². The Morgan fingerprint density at radius 1 is 1.17 bits per heavy atom. The number of fused-ring (bicyclic) bond motifs is 1. The lowest BCUT2D eigenvalue weighted by Crippen LogP contribution is -2.16. The average Bonchev–Trinajstić information content (AvgIpc) is 3.34. The van der Waals surface area contributed by atoms with E-state index in [2.05, 4.69) is 20.3 Å². The van der Waals surface area contributed by atoms with Gasteiger partial charge in [-0.3, -0.25) is 10.1 Å². The minimum absolute atomic E-state index is 0.208. The predicted octanol–water partition coefficient (Wildman–Crippen LogP) is 4.42. The van der Waals surface area contributed by atoms with Crippen molar-refractivity contribution in [1.82, 2.24) is 15.0 Å². The molecule has 3 heterocycles. The van der Waals surface area contributed by atoms with E-state index in [1.807, 2.05) is 35.8 Å². The number of rotatable bonds is 5. The topological polar surface area (TPSA) is 97.0 Å². The zero-order valence-corrected chi connectivity index (χ0v) is 16.7. The van der Waals surface area contributed by atoms with E-state index in [9.17, 15) is 9.59 Å². The number of esters is 1. The second-order valence-corrected chi connectivity index (χ2v) is 7.15. The maximum Gasteiger partial charge on any atom is 0.339 e. The molecule has 0 atom stereocenters. The van der Waals surface area contributed by atoms with Crippen LogP contribution in [0.5, 0.6) is 0 Å². The van der Waals surface area contributed by atoms with Crippen LogP contribution in [0.25, 0.3) is 22.2 Å². The summed E-state index contributed by atoms with van der Waals surface area (Å²) < 4.78 is 4.98. The number of pyridine rings is 1. The molecule has 7 nitrogen and oxygen atoms in total. The number of thiazole rings is 1. The molecular formula is C21H18N4O3S. The van der Waals surface area contributed by atoms with Gasteiger partial charge in [0.2, 0.25) is 0 Å². The van der Waals surface area contributed by atoms with Crippen molar-refractivity contribution >= 4 is 39.2 Å². The first kappa shape index (κ1) is 18.8. The summed E-state index contributed by atoms with van der Waals surface area (Å²) in [6, 6.07) is 11.0. The minimum Gasteiger partial charge on any atom is -0.462 e. The summed E-state index contributed by atoms with van der Waals surface area (Å²) in [7, 11) is 0. The molecule has 0 bridgehead atoms. The van der Waals surface area contributed by atoms with E-state index in [1.54, 1.807) is 19.9 Å². The quantitative estimate of drug-likeness (QED) is 0.478. The zero-order valence-electron chi connectivity index (χ0n) is 15.9. The number of para-hydroxylation sites is 1. The van der Waals surface area contributed by atoms with Gasteiger partial charge in [-0.25, -0.2) is 14.8 Å². The number of ether oxygens (including phenoxy) is 1. The Hall–Kier alpha value is -3.52. The van der Waals surface area contributed by atoms with Crippen molar-refractivity contribution in [3.05, 3.63) is 64.9 Å². The highest BCUT2D eigenvalue weighted by atomic mass is 32.1. The molecule has 1 aromatic carbocycles. The van der Waals surface area contributed by atoms with Crippen molar-refractivity contribution in [2.75, 3.05) is 11.9 Å². The van der Waals surface area contributed by atoms with Gasteiger partial charge < -0.3 is 9.72 Å². The summed E-state index contributed by atoms with van der Waals surface area (Å²) in [5.74, 6) is -0.837. The first-order valence-electron chi connectivity index (χ1n) is 9.05. The number of anilines is 1. The summed E-state index contributed by atoms with van der Waals surface area (Å²) in [6.45, 7) is 3.69. The van der Waals surface area contributed by atoms with Crippen molar-refractivity contribution in [3.63, 3.8) is 0 Å². The molecule has 3 aromatic heterocycles. The molecule has 146 valence electrons. The second kappa shape index (κ2) is 7.84. The van der Waals surface area contributed by atoms with Crippen molar-refractivity contribution < 1.29 is 14.3 Å².